The lowest BCUT2D eigenvalue weighted by molar-refractivity contribution is -0.133. The predicted molar refractivity (Wildman–Crippen MR) is 88.6 cm³/mol. The van der Waals surface area contributed by atoms with Crippen molar-refractivity contribution in [1.29, 1.82) is 0 Å². The van der Waals surface area contributed by atoms with Gasteiger partial charge in [0.1, 0.15) is 0 Å². The van der Waals surface area contributed by atoms with Crippen molar-refractivity contribution < 1.29 is 14.7 Å². The molecule has 0 saturated carbocycles. The topological polar surface area (TPSA) is 66.4 Å². The van der Waals surface area contributed by atoms with Gasteiger partial charge in [-0.05, 0) is 38.0 Å². The molecule has 1 amide bonds. The monoisotopic (exact) mass is 309 g/mol. The SMILES string of the molecule is Cc1cc(C)c(C(=O)C[C@@]2(O)C(=O)Nc3ccccc32)c(C)c1. The van der Waals surface area contributed by atoms with E-state index in [4.69, 9.17) is 0 Å². The Balaban J connectivity index is 1.99. The molecule has 4 nitrogen and oxygen atoms in total. The molecule has 3 rings (SSSR count). The summed E-state index contributed by atoms with van der Waals surface area (Å²) in [6, 6.07) is 10.8. The highest BCUT2D eigenvalue weighted by Gasteiger charge is 2.46. The van der Waals surface area contributed by atoms with Gasteiger partial charge in [-0.3, -0.25) is 9.59 Å². The van der Waals surface area contributed by atoms with E-state index in [1.54, 1.807) is 24.3 Å². The molecule has 0 aliphatic carbocycles. The minimum atomic E-state index is -1.81. The molecule has 23 heavy (non-hydrogen) atoms. The lowest BCUT2D eigenvalue weighted by Crippen LogP contribution is -2.36. The highest BCUT2D eigenvalue weighted by Crippen LogP contribution is 2.39. The van der Waals surface area contributed by atoms with Crippen molar-refractivity contribution in [1.82, 2.24) is 0 Å². The fraction of sp³-hybridized carbons (Fsp3) is 0.263. The zero-order valence-electron chi connectivity index (χ0n) is 13.4. The number of nitrogens with one attached hydrogen (secondary N) is 1. The second-order valence-corrected chi connectivity index (χ2v) is 6.23. The van der Waals surface area contributed by atoms with Gasteiger partial charge < -0.3 is 10.4 Å². The lowest BCUT2D eigenvalue weighted by atomic mass is 9.85. The lowest BCUT2D eigenvalue weighted by Gasteiger charge is -2.21. The van der Waals surface area contributed by atoms with Gasteiger partial charge in [0.25, 0.3) is 5.91 Å². The van der Waals surface area contributed by atoms with Crippen molar-refractivity contribution >= 4 is 17.4 Å². The number of hydrogen-bond acceptors (Lipinski definition) is 3. The summed E-state index contributed by atoms with van der Waals surface area (Å²) >= 11 is 0. The van der Waals surface area contributed by atoms with Gasteiger partial charge in [0.05, 0.1) is 6.42 Å². The van der Waals surface area contributed by atoms with Gasteiger partial charge in [-0.1, -0.05) is 35.9 Å². The number of rotatable bonds is 3. The van der Waals surface area contributed by atoms with Crippen molar-refractivity contribution in [2.45, 2.75) is 32.8 Å². The van der Waals surface area contributed by atoms with Gasteiger partial charge in [-0.2, -0.15) is 0 Å². The zero-order chi connectivity index (χ0) is 16.8. The predicted octanol–water partition coefficient (Wildman–Crippen LogP) is 3.02. The van der Waals surface area contributed by atoms with Gasteiger partial charge in [0.2, 0.25) is 0 Å². The van der Waals surface area contributed by atoms with Gasteiger partial charge in [-0.15, -0.1) is 0 Å². The highest BCUT2D eigenvalue weighted by molar-refractivity contribution is 6.10. The maximum absolute atomic E-state index is 12.8. The van der Waals surface area contributed by atoms with Crippen molar-refractivity contribution in [3.8, 4) is 0 Å². The Labute approximate surface area is 135 Å². The Hall–Kier alpha value is -2.46. The summed E-state index contributed by atoms with van der Waals surface area (Å²) < 4.78 is 0. The summed E-state index contributed by atoms with van der Waals surface area (Å²) in [4.78, 5) is 25.0. The number of carbonyl (C=O) groups excluding carboxylic acids is 2. The van der Waals surface area contributed by atoms with Crippen LogP contribution in [-0.2, 0) is 10.4 Å². The molecule has 1 aliphatic heterocycles. The molecular weight excluding hydrogens is 290 g/mol. The van der Waals surface area contributed by atoms with Crippen LogP contribution in [0.2, 0.25) is 0 Å². The Morgan fingerprint density at radius 3 is 2.39 bits per heavy atom. The third-order valence-electron chi connectivity index (χ3n) is 4.37. The van der Waals surface area contributed by atoms with E-state index in [0.29, 0.717) is 16.8 Å². The first-order valence-corrected chi connectivity index (χ1v) is 7.57. The third kappa shape index (κ3) is 2.45. The van der Waals surface area contributed by atoms with Crippen LogP contribution in [-0.4, -0.2) is 16.8 Å². The summed E-state index contributed by atoms with van der Waals surface area (Å²) in [6.45, 7) is 5.72. The van der Waals surface area contributed by atoms with Crippen LogP contribution in [0.5, 0.6) is 0 Å². The third-order valence-corrected chi connectivity index (χ3v) is 4.37. The molecule has 0 saturated heterocycles. The number of aliphatic hydroxyl groups is 1. The van der Waals surface area contributed by atoms with Crippen LogP contribution < -0.4 is 5.32 Å². The number of para-hydroxylation sites is 1. The molecule has 0 bridgehead atoms. The van der Waals surface area contributed by atoms with Gasteiger partial charge >= 0.3 is 0 Å². The molecule has 1 aliphatic rings. The number of amides is 1. The second-order valence-electron chi connectivity index (χ2n) is 6.23. The molecule has 2 aromatic rings. The minimum Gasteiger partial charge on any atom is -0.375 e. The summed E-state index contributed by atoms with van der Waals surface area (Å²) in [7, 11) is 0. The molecule has 2 aromatic carbocycles. The number of benzene rings is 2. The van der Waals surface area contributed by atoms with E-state index in [1.807, 2.05) is 32.9 Å². The highest BCUT2D eigenvalue weighted by atomic mass is 16.3. The van der Waals surface area contributed by atoms with Crippen LogP contribution in [0.3, 0.4) is 0 Å². The molecule has 0 fully saturated rings. The maximum atomic E-state index is 12.8. The van der Waals surface area contributed by atoms with Crippen LogP contribution in [0.1, 0.15) is 39.0 Å². The summed E-state index contributed by atoms with van der Waals surface area (Å²) in [6.07, 6.45) is -0.263. The molecule has 0 spiro atoms. The summed E-state index contributed by atoms with van der Waals surface area (Å²) in [5.41, 5.74) is 2.61. The zero-order valence-corrected chi connectivity index (χ0v) is 13.4. The van der Waals surface area contributed by atoms with Crippen LogP contribution in [0, 0.1) is 20.8 Å². The molecular formula is C19H19NO3. The van der Waals surface area contributed by atoms with Gasteiger partial charge in [0, 0.05) is 16.8 Å². The van der Waals surface area contributed by atoms with Crippen molar-refractivity contribution in [2.24, 2.45) is 0 Å². The number of carbonyl (C=O) groups is 2. The van der Waals surface area contributed by atoms with Crippen molar-refractivity contribution in [2.75, 3.05) is 5.32 Å². The fourth-order valence-corrected chi connectivity index (χ4v) is 3.42. The van der Waals surface area contributed by atoms with Crippen LogP contribution in [0.4, 0.5) is 5.69 Å². The molecule has 118 valence electrons. The van der Waals surface area contributed by atoms with E-state index in [9.17, 15) is 14.7 Å². The second kappa shape index (κ2) is 5.32. The van der Waals surface area contributed by atoms with Crippen LogP contribution in [0.15, 0.2) is 36.4 Å². The molecule has 0 aromatic heterocycles. The first kappa shape index (κ1) is 15.4. The maximum Gasteiger partial charge on any atom is 0.261 e. The Morgan fingerprint density at radius 1 is 1.13 bits per heavy atom. The average Bonchev–Trinajstić information content (AvgIpc) is 2.69. The number of aryl methyl sites for hydroxylation is 3. The van der Waals surface area contributed by atoms with Crippen LogP contribution >= 0.6 is 0 Å². The molecule has 0 unspecified atom stereocenters. The molecule has 1 atom stereocenters. The molecule has 0 radical (unpaired) electrons. The van der Waals surface area contributed by atoms with Gasteiger partial charge in [-0.25, -0.2) is 0 Å². The van der Waals surface area contributed by atoms with E-state index in [2.05, 4.69) is 5.32 Å². The minimum absolute atomic E-state index is 0.227. The fourth-order valence-electron chi connectivity index (χ4n) is 3.42. The van der Waals surface area contributed by atoms with E-state index >= 15 is 0 Å². The summed E-state index contributed by atoms with van der Waals surface area (Å²) in [5.74, 6) is -0.774. The number of fused-ring (bicyclic) bond motifs is 1. The van der Waals surface area contributed by atoms with Crippen molar-refractivity contribution in [3.05, 3.63) is 64.2 Å². The normalized spacial score (nSPS) is 19.4. The number of anilines is 1. The quantitative estimate of drug-likeness (QED) is 0.857. The smallest absolute Gasteiger partial charge is 0.261 e. The van der Waals surface area contributed by atoms with Crippen molar-refractivity contribution in [3.63, 3.8) is 0 Å². The molecule has 2 N–H and O–H groups in total. The Kier molecular flexibility index (Phi) is 3.57. The first-order valence-electron chi connectivity index (χ1n) is 7.57. The number of hydrogen-bond donors (Lipinski definition) is 2. The van der Waals surface area contributed by atoms with E-state index < -0.39 is 11.5 Å². The molecule has 4 heteroatoms. The first-order chi connectivity index (χ1) is 10.8. The van der Waals surface area contributed by atoms with Crippen LogP contribution in [0.25, 0.3) is 0 Å². The number of ketones is 1. The summed E-state index contributed by atoms with van der Waals surface area (Å²) in [5, 5.41) is 13.5. The molecule has 1 heterocycles. The standard InChI is InChI=1S/C19H19NO3/c1-11-8-12(2)17(13(3)9-11)16(21)10-19(23)14-6-4-5-7-15(14)20-18(19)22/h4-9,23H,10H2,1-3H3,(H,20,22)/t19-/m0/s1. The Bertz CT molecular complexity index is 802. The average molecular weight is 309 g/mol. The number of Topliss-reactive ketones (excluding diaryl/α,β-unsaturated/α-hetero) is 1. The van der Waals surface area contributed by atoms with E-state index in [-0.39, 0.29) is 12.2 Å². The Morgan fingerprint density at radius 2 is 1.74 bits per heavy atom. The van der Waals surface area contributed by atoms with E-state index in [1.165, 1.54) is 0 Å². The van der Waals surface area contributed by atoms with Gasteiger partial charge in [0.15, 0.2) is 11.4 Å². The largest absolute Gasteiger partial charge is 0.375 e. The van der Waals surface area contributed by atoms with E-state index in [0.717, 1.165) is 16.7 Å².